The van der Waals surface area contributed by atoms with Gasteiger partial charge >= 0.3 is 0 Å². The Labute approximate surface area is 70.4 Å². The summed E-state index contributed by atoms with van der Waals surface area (Å²) in [6.07, 6.45) is 4.81. The summed E-state index contributed by atoms with van der Waals surface area (Å²) in [5.74, 6) is 0.815. The number of nitrogens with one attached hydrogen (secondary N) is 1. The Hall–Kier alpha value is -0.0400. The standard InChI is InChI=1S/C10H20N/c1-4-10(2,3)8-5-6-9(11)7-8/h8-9,11H,4-7H2,1-3H3. The molecule has 0 aromatic heterocycles. The van der Waals surface area contributed by atoms with Gasteiger partial charge in [-0.1, -0.05) is 27.2 Å². The lowest BCUT2D eigenvalue weighted by molar-refractivity contribution is 0.206. The fourth-order valence-corrected chi connectivity index (χ4v) is 1.98. The first kappa shape index (κ1) is 9.05. The summed E-state index contributed by atoms with van der Waals surface area (Å²) in [6.45, 7) is 6.95. The fraction of sp³-hybridized carbons (Fsp3) is 1.00. The van der Waals surface area contributed by atoms with Crippen LogP contribution in [0.3, 0.4) is 0 Å². The van der Waals surface area contributed by atoms with Gasteiger partial charge in [0.05, 0.1) is 0 Å². The zero-order valence-corrected chi connectivity index (χ0v) is 7.98. The predicted octanol–water partition coefficient (Wildman–Crippen LogP) is 2.87. The first-order valence-electron chi connectivity index (χ1n) is 4.77. The normalized spacial score (nSPS) is 32.7. The molecule has 0 amide bonds. The molecule has 1 rings (SSSR count). The van der Waals surface area contributed by atoms with E-state index in [2.05, 4.69) is 20.8 Å². The van der Waals surface area contributed by atoms with Crippen molar-refractivity contribution in [2.45, 2.75) is 52.5 Å². The van der Waals surface area contributed by atoms with E-state index in [1.807, 2.05) is 0 Å². The van der Waals surface area contributed by atoms with E-state index in [1.165, 1.54) is 12.8 Å². The van der Waals surface area contributed by atoms with Gasteiger partial charge in [0.15, 0.2) is 0 Å². The Morgan fingerprint density at radius 1 is 1.36 bits per heavy atom. The largest absolute Gasteiger partial charge is 0.255 e. The van der Waals surface area contributed by atoms with E-state index in [0.717, 1.165) is 18.8 Å². The van der Waals surface area contributed by atoms with Gasteiger partial charge in [-0.05, 0) is 30.6 Å². The minimum Gasteiger partial charge on any atom is -0.255 e. The van der Waals surface area contributed by atoms with Crippen LogP contribution in [0.15, 0.2) is 0 Å². The summed E-state index contributed by atoms with van der Waals surface area (Å²) in [5, 5.41) is 0. The Morgan fingerprint density at radius 3 is 2.36 bits per heavy atom. The van der Waals surface area contributed by atoms with Crippen LogP contribution >= 0.6 is 0 Å². The van der Waals surface area contributed by atoms with Crippen molar-refractivity contribution in [1.82, 2.24) is 5.73 Å². The van der Waals surface area contributed by atoms with Crippen LogP contribution in [0.4, 0.5) is 0 Å². The van der Waals surface area contributed by atoms with Crippen molar-refractivity contribution in [3.63, 3.8) is 0 Å². The molecule has 1 N–H and O–H groups in total. The van der Waals surface area contributed by atoms with Crippen LogP contribution in [0.2, 0.25) is 0 Å². The third kappa shape index (κ3) is 1.96. The predicted molar refractivity (Wildman–Crippen MR) is 48.3 cm³/mol. The van der Waals surface area contributed by atoms with Gasteiger partial charge in [0.1, 0.15) is 0 Å². The molecule has 1 radical (unpaired) electrons. The molecule has 1 aliphatic rings. The summed E-state index contributed by atoms with van der Waals surface area (Å²) in [5.41, 5.74) is 8.10. The van der Waals surface area contributed by atoms with Crippen LogP contribution in [0, 0.1) is 11.3 Å². The highest BCUT2D eigenvalue weighted by molar-refractivity contribution is 4.86. The summed E-state index contributed by atoms with van der Waals surface area (Å²) in [4.78, 5) is 0. The third-order valence-electron chi connectivity index (χ3n) is 3.45. The van der Waals surface area contributed by atoms with Crippen molar-refractivity contribution in [2.24, 2.45) is 11.3 Å². The van der Waals surface area contributed by atoms with Crippen molar-refractivity contribution >= 4 is 0 Å². The Morgan fingerprint density at radius 2 is 2.00 bits per heavy atom. The van der Waals surface area contributed by atoms with Crippen molar-refractivity contribution < 1.29 is 0 Å². The Balaban J connectivity index is 2.48. The van der Waals surface area contributed by atoms with Gasteiger partial charge in [-0.25, -0.2) is 0 Å². The maximum absolute atomic E-state index is 7.62. The van der Waals surface area contributed by atoms with Crippen LogP contribution in [0.25, 0.3) is 0 Å². The molecule has 0 saturated heterocycles. The lowest BCUT2D eigenvalue weighted by Gasteiger charge is -2.30. The highest BCUT2D eigenvalue weighted by Gasteiger charge is 2.33. The van der Waals surface area contributed by atoms with Crippen molar-refractivity contribution in [3.05, 3.63) is 0 Å². The molecular formula is C10H20N. The van der Waals surface area contributed by atoms with E-state index in [1.54, 1.807) is 0 Å². The highest BCUT2D eigenvalue weighted by Crippen LogP contribution is 2.41. The minimum absolute atomic E-state index is 0.242. The third-order valence-corrected chi connectivity index (χ3v) is 3.45. The van der Waals surface area contributed by atoms with Gasteiger partial charge in [0, 0.05) is 6.04 Å². The lowest BCUT2D eigenvalue weighted by atomic mass is 9.76. The monoisotopic (exact) mass is 154 g/mol. The van der Waals surface area contributed by atoms with Crippen molar-refractivity contribution in [1.29, 1.82) is 0 Å². The molecule has 0 spiro atoms. The van der Waals surface area contributed by atoms with E-state index in [4.69, 9.17) is 5.73 Å². The summed E-state index contributed by atoms with van der Waals surface area (Å²) in [7, 11) is 0. The second-order valence-electron chi connectivity index (χ2n) is 4.55. The maximum atomic E-state index is 7.62. The second-order valence-corrected chi connectivity index (χ2v) is 4.55. The molecule has 1 fully saturated rings. The minimum atomic E-state index is 0.242. The van der Waals surface area contributed by atoms with Crippen LogP contribution in [0.1, 0.15) is 46.5 Å². The van der Waals surface area contributed by atoms with Gasteiger partial charge in [-0.15, -0.1) is 0 Å². The topological polar surface area (TPSA) is 23.8 Å². The van der Waals surface area contributed by atoms with Gasteiger partial charge in [0.2, 0.25) is 0 Å². The fourth-order valence-electron chi connectivity index (χ4n) is 1.98. The summed E-state index contributed by atoms with van der Waals surface area (Å²) >= 11 is 0. The molecule has 0 aromatic rings. The molecule has 2 unspecified atom stereocenters. The smallest absolute Gasteiger partial charge is 0.0216 e. The molecule has 0 bridgehead atoms. The van der Waals surface area contributed by atoms with E-state index in [0.29, 0.717) is 5.41 Å². The van der Waals surface area contributed by atoms with E-state index >= 15 is 0 Å². The van der Waals surface area contributed by atoms with Crippen LogP contribution in [-0.4, -0.2) is 6.04 Å². The molecule has 1 nitrogen and oxygen atoms in total. The molecule has 1 aliphatic carbocycles. The average Bonchev–Trinajstić information content (AvgIpc) is 2.36. The molecule has 1 heteroatoms. The lowest BCUT2D eigenvalue weighted by Crippen LogP contribution is -2.21. The van der Waals surface area contributed by atoms with E-state index < -0.39 is 0 Å². The number of hydrogen-bond acceptors (Lipinski definition) is 0. The van der Waals surface area contributed by atoms with Gasteiger partial charge < -0.3 is 0 Å². The van der Waals surface area contributed by atoms with E-state index in [9.17, 15) is 0 Å². The highest BCUT2D eigenvalue weighted by atomic mass is 14.7. The quantitative estimate of drug-likeness (QED) is 0.584. The van der Waals surface area contributed by atoms with Crippen molar-refractivity contribution in [3.8, 4) is 0 Å². The van der Waals surface area contributed by atoms with E-state index in [-0.39, 0.29) is 6.04 Å². The first-order valence-corrected chi connectivity index (χ1v) is 4.77. The zero-order chi connectivity index (χ0) is 8.48. The van der Waals surface area contributed by atoms with Gasteiger partial charge in [0.25, 0.3) is 0 Å². The molecule has 11 heavy (non-hydrogen) atoms. The van der Waals surface area contributed by atoms with Crippen molar-refractivity contribution in [2.75, 3.05) is 0 Å². The second kappa shape index (κ2) is 3.14. The maximum Gasteiger partial charge on any atom is 0.0216 e. The van der Waals surface area contributed by atoms with Crippen LogP contribution < -0.4 is 5.73 Å². The SMILES string of the molecule is CCC(C)(C)C1CCC([NH])C1. The van der Waals surface area contributed by atoms with Gasteiger partial charge in [-0.2, -0.15) is 0 Å². The van der Waals surface area contributed by atoms with Crippen LogP contribution in [0.5, 0.6) is 0 Å². The zero-order valence-electron chi connectivity index (χ0n) is 7.98. The summed E-state index contributed by atoms with van der Waals surface area (Å²) < 4.78 is 0. The average molecular weight is 154 g/mol. The number of hydrogen-bond donors (Lipinski definition) is 0. The molecule has 0 aromatic carbocycles. The molecule has 65 valence electrons. The number of rotatable bonds is 2. The van der Waals surface area contributed by atoms with Gasteiger partial charge in [-0.3, -0.25) is 5.73 Å². The Kier molecular flexibility index (Phi) is 2.58. The molecular weight excluding hydrogens is 134 g/mol. The molecule has 1 saturated carbocycles. The summed E-state index contributed by atoms with van der Waals surface area (Å²) in [6, 6.07) is 0.242. The Bertz CT molecular complexity index is 129. The van der Waals surface area contributed by atoms with Crippen LogP contribution in [-0.2, 0) is 0 Å². The molecule has 0 aliphatic heterocycles. The molecule has 2 atom stereocenters. The first-order chi connectivity index (χ1) is 5.06. The molecule has 0 heterocycles.